The molecule has 20 heavy (non-hydrogen) atoms. The van der Waals surface area contributed by atoms with E-state index < -0.39 is 0 Å². The van der Waals surface area contributed by atoms with E-state index in [1.807, 2.05) is 25.1 Å². The predicted molar refractivity (Wildman–Crippen MR) is 82.0 cm³/mol. The minimum atomic E-state index is 0. The highest BCUT2D eigenvalue weighted by atomic mass is 35.5. The highest BCUT2D eigenvalue weighted by Crippen LogP contribution is 2.29. The van der Waals surface area contributed by atoms with Gasteiger partial charge in [-0.05, 0) is 45.0 Å². The van der Waals surface area contributed by atoms with E-state index in [0.29, 0.717) is 6.61 Å². The zero-order valence-electron chi connectivity index (χ0n) is 11.9. The first-order chi connectivity index (χ1) is 9.24. The summed E-state index contributed by atoms with van der Waals surface area (Å²) in [6.07, 6.45) is 3.85. The van der Waals surface area contributed by atoms with Crippen molar-refractivity contribution in [3.8, 4) is 5.75 Å². The molecule has 0 aliphatic carbocycles. The molecule has 0 N–H and O–H groups in total. The third kappa shape index (κ3) is 3.15. The zero-order chi connectivity index (χ0) is 13.2. The maximum absolute atomic E-state index is 12.5. The molecule has 1 aromatic carbocycles. The quantitative estimate of drug-likeness (QED) is 0.840. The lowest BCUT2D eigenvalue weighted by Crippen LogP contribution is -2.40. The summed E-state index contributed by atoms with van der Waals surface area (Å²) in [6.45, 7) is 5.66. The molecule has 3 rings (SSSR count). The molecule has 0 aromatic heterocycles. The van der Waals surface area contributed by atoms with Crippen LogP contribution in [0.4, 0.5) is 0 Å². The Morgan fingerprint density at radius 3 is 2.75 bits per heavy atom. The highest BCUT2D eigenvalue weighted by Gasteiger charge is 2.30. The van der Waals surface area contributed by atoms with Crippen LogP contribution in [-0.4, -0.2) is 36.9 Å². The monoisotopic (exact) mass is 295 g/mol. The van der Waals surface area contributed by atoms with Gasteiger partial charge < -0.3 is 9.64 Å². The Morgan fingerprint density at radius 2 is 2.00 bits per heavy atom. The number of benzene rings is 1. The number of nitrogens with zero attached hydrogens (tertiary/aromatic N) is 1. The lowest BCUT2D eigenvalue weighted by molar-refractivity contribution is 0.0752. The van der Waals surface area contributed by atoms with Gasteiger partial charge in [0, 0.05) is 6.54 Å². The number of carbonyl (C=O) groups is 1. The van der Waals surface area contributed by atoms with Gasteiger partial charge in [0.1, 0.15) is 5.75 Å². The van der Waals surface area contributed by atoms with Crippen molar-refractivity contribution in [2.24, 2.45) is 5.92 Å². The lowest BCUT2D eigenvalue weighted by atomic mass is 9.93. The number of rotatable bonds is 2. The van der Waals surface area contributed by atoms with E-state index in [1.54, 1.807) is 0 Å². The number of Topliss-reactive ketones (excluding diaryl/α,β-unsaturated/α-hetero) is 1. The molecular formula is C16H22ClNO2. The Balaban J connectivity index is 0.00000147. The van der Waals surface area contributed by atoms with Gasteiger partial charge in [-0.25, -0.2) is 0 Å². The zero-order valence-corrected chi connectivity index (χ0v) is 12.7. The number of hydrogen-bond acceptors (Lipinski definition) is 3. The van der Waals surface area contributed by atoms with E-state index in [9.17, 15) is 4.79 Å². The number of aryl methyl sites for hydroxylation is 1. The fourth-order valence-corrected chi connectivity index (χ4v) is 3.04. The van der Waals surface area contributed by atoms with Crippen molar-refractivity contribution in [2.45, 2.75) is 26.2 Å². The average molecular weight is 296 g/mol. The Hall–Kier alpha value is -1.06. The van der Waals surface area contributed by atoms with E-state index in [4.69, 9.17) is 4.74 Å². The van der Waals surface area contributed by atoms with E-state index in [-0.39, 0.29) is 24.1 Å². The molecule has 2 heterocycles. The molecule has 0 saturated carbocycles. The minimum Gasteiger partial charge on any atom is -0.492 e. The maximum Gasteiger partial charge on any atom is 0.174 e. The standard InChI is InChI=1S/C16H21NO2.ClH/c1-12-5-6-15-14(9-12)16(18)13(11-19-15)10-17-7-3-2-4-8-17;/h5-6,9,13H,2-4,7-8,10-11H2,1H3;1H. The predicted octanol–water partition coefficient (Wildman–Crippen LogP) is 3.09. The summed E-state index contributed by atoms with van der Waals surface area (Å²) in [5.74, 6) is 1.02. The lowest BCUT2D eigenvalue weighted by Gasteiger charge is -2.32. The van der Waals surface area contributed by atoms with Crippen LogP contribution in [0.25, 0.3) is 0 Å². The van der Waals surface area contributed by atoms with Gasteiger partial charge >= 0.3 is 0 Å². The van der Waals surface area contributed by atoms with Crippen molar-refractivity contribution in [1.29, 1.82) is 0 Å². The number of ketones is 1. The number of hydrogen-bond donors (Lipinski definition) is 0. The van der Waals surface area contributed by atoms with E-state index in [2.05, 4.69) is 4.90 Å². The Morgan fingerprint density at radius 1 is 1.25 bits per heavy atom. The minimum absolute atomic E-state index is 0. The topological polar surface area (TPSA) is 29.5 Å². The molecular weight excluding hydrogens is 274 g/mol. The summed E-state index contributed by atoms with van der Waals surface area (Å²) in [7, 11) is 0. The fraction of sp³-hybridized carbons (Fsp3) is 0.562. The Labute approximate surface area is 126 Å². The molecule has 4 heteroatoms. The summed E-state index contributed by atoms with van der Waals surface area (Å²) in [6, 6.07) is 5.87. The summed E-state index contributed by atoms with van der Waals surface area (Å²) in [5.41, 5.74) is 1.89. The second kappa shape index (κ2) is 6.59. The Kier molecular flexibility index (Phi) is 5.06. The SMILES string of the molecule is Cc1ccc2c(c1)C(=O)C(CN1CCCCC1)CO2.Cl. The number of carbonyl (C=O) groups excluding carboxylic acids is 1. The number of halogens is 1. The molecule has 0 radical (unpaired) electrons. The molecule has 2 aliphatic rings. The van der Waals surface area contributed by atoms with E-state index >= 15 is 0 Å². The number of fused-ring (bicyclic) bond motifs is 1. The summed E-state index contributed by atoms with van der Waals surface area (Å²) in [4.78, 5) is 14.9. The number of ether oxygens (including phenoxy) is 1. The smallest absolute Gasteiger partial charge is 0.174 e. The van der Waals surface area contributed by atoms with Crippen LogP contribution in [0, 0.1) is 12.8 Å². The van der Waals surface area contributed by atoms with Gasteiger partial charge in [-0.2, -0.15) is 0 Å². The number of likely N-dealkylation sites (tertiary alicyclic amines) is 1. The second-order valence-corrected chi connectivity index (χ2v) is 5.73. The van der Waals surface area contributed by atoms with Gasteiger partial charge in [-0.1, -0.05) is 18.1 Å². The molecule has 1 unspecified atom stereocenters. The molecule has 1 aromatic rings. The molecule has 110 valence electrons. The van der Waals surface area contributed by atoms with Crippen LogP contribution in [0.1, 0.15) is 35.2 Å². The van der Waals surface area contributed by atoms with Gasteiger partial charge in [0.2, 0.25) is 0 Å². The van der Waals surface area contributed by atoms with E-state index in [1.165, 1.54) is 19.3 Å². The van der Waals surface area contributed by atoms with Gasteiger partial charge in [-0.15, -0.1) is 12.4 Å². The van der Waals surface area contributed by atoms with Crippen LogP contribution in [0.3, 0.4) is 0 Å². The molecule has 0 bridgehead atoms. The average Bonchev–Trinajstić information content (AvgIpc) is 2.44. The van der Waals surface area contributed by atoms with Crippen LogP contribution in [0.2, 0.25) is 0 Å². The summed E-state index contributed by atoms with van der Waals surface area (Å²) in [5, 5.41) is 0. The van der Waals surface area contributed by atoms with Crippen LogP contribution >= 0.6 is 12.4 Å². The van der Waals surface area contributed by atoms with E-state index in [0.717, 1.165) is 36.5 Å². The van der Waals surface area contributed by atoms with Gasteiger partial charge in [0.25, 0.3) is 0 Å². The first-order valence-corrected chi connectivity index (χ1v) is 7.24. The van der Waals surface area contributed by atoms with Crippen LogP contribution < -0.4 is 4.74 Å². The van der Waals surface area contributed by atoms with Gasteiger partial charge in [-0.3, -0.25) is 4.79 Å². The molecule has 3 nitrogen and oxygen atoms in total. The molecule has 1 atom stereocenters. The number of piperidine rings is 1. The largest absolute Gasteiger partial charge is 0.492 e. The molecule has 1 fully saturated rings. The highest BCUT2D eigenvalue weighted by molar-refractivity contribution is 6.01. The third-order valence-electron chi connectivity index (χ3n) is 4.14. The van der Waals surface area contributed by atoms with Gasteiger partial charge in [0.05, 0.1) is 18.1 Å². The van der Waals surface area contributed by atoms with Crippen molar-refractivity contribution < 1.29 is 9.53 Å². The van der Waals surface area contributed by atoms with Crippen molar-refractivity contribution in [3.05, 3.63) is 29.3 Å². The molecule has 0 spiro atoms. The second-order valence-electron chi connectivity index (χ2n) is 5.73. The Bertz CT molecular complexity index is 483. The maximum atomic E-state index is 12.5. The van der Waals surface area contributed by atoms with Crippen molar-refractivity contribution >= 4 is 18.2 Å². The summed E-state index contributed by atoms with van der Waals surface area (Å²) >= 11 is 0. The normalized spacial score (nSPS) is 22.6. The molecule has 1 saturated heterocycles. The first-order valence-electron chi connectivity index (χ1n) is 7.24. The van der Waals surface area contributed by atoms with Crippen molar-refractivity contribution in [3.63, 3.8) is 0 Å². The van der Waals surface area contributed by atoms with Gasteiger partial charge in [0.15, 0.2) is 5.78 Å². The van der Waals surface area contributed by atoms with Crippen molar-refractivity contribution in [1.82, 2.24) is 4.90 Å². The molecule has 2 aliphatic heterocycles. The third-order valence-corrected chi connectivity index (χ3v) is 4.14. The summed E-state index contributed by atoms with van der Waals surface area (Å²) < 4.78 is 5.76. The molecule has 0 amide bonds. The van der Waals surface area contributed by atoms with Crippen LogP contribution in [0.5, 0.6) is 5.75 Å². The fourth-order valence-electron chi connectivity index (χ4n) is 3.04. The van der Waals surface area contributed by atoms with Crippen LogP contribution in [-0.2, 0) is 0 Å². The van der Waals surface area contributed by atoms with Crippen LogP contribution in [0.15, 0.2) is 18.2 Å². The first kappa shape index (κ1) is 15.3. The van der Waals surface area contributed by atoms with Crippen molar-refractivity contribution in [2.75, 3.05) is 26.2 Å².